The summed E-state index contributed by atoms with van der Waals surface area (Å²) in [5, 5.41) is 41.9. The number of guanidine groups is 1. The first-order valence-corrected chi connectivity index (χ1v) is 20.0. The van der Waals surface area contributed by atoms with Crippen molar-refractivity contribution in [3.63, 3.8) is 0 Å². The number of phenolic OH excluding ortho intramolecular Hbond substituents is 2. The predicted octanol–water partition coefficient (Wildman–Crippen LogP) is 6.84. The quantitative estimate of drug-likeness (QED) is 0.0523. The van der Waals surface area contributed by atoms with Gasteiger partial charge in [-0.15, -0.1) is 0 Å². The van der Waals surface area contributed by atoms with Crippen LogP contribution in [0.15, 0.2) is 47.5 Å². The fraction of sp³-hybridized carbons (Fsp3) is 0.591. The number of aromatic hydroxyl groups is 2. The Morgan fingerprint density at radius 2 is 1.95 bits per heavy atom. The van der Waals surface area contributed by atoms with Gasteiger partial charge in [-0.3, -0.25) is 15.1 Å². The molecule has 300 valence electrons. The number of hydrogen-bond donors (Lipinski definition) is 6. The minimum Gasteiger partial charge on any atom is -0.504 e. The topological polar surface area (TPSA) is 154 Å². The predicted molar refractivity (Wildman–Crippen MR) is 216 cm³/mol. The molecule has 2 bridgehead atoms. The first kappa shape index (κ1) is 41.9. The zero-order chi connectivity index (χ0) is 39.4. The van der Waals surface area contributed by atoms with Gasteiger partial charge >= 0.3 is 0 Å². The summed E-state index contributed by atoms with van der Waals surface area (Å²) in [4.78, 5) is 19.0. The van der Waals surface area contributed by atoms with Crippen molar-refractivity contribution in [3.8, 4) is 35.0 Å². The van der Waals surface area contributed by atoms with E-state index in [0.717, 1.165) is 68.9 Å². The average Bonchev–Trinajstić information content (AvgIpc) is 3.77. The number of aliphatic imine (C=N–C) groups is 1. The van der Waals surface area contributed by atoms with Crippen LogP contribution in [0.2, 0.25) is 0 Å². The van der Waals surface area contributed by atoms with Crippen LogP contribution in [0.3, 0.4) is 0 Å². The smallest absolute Gasteiger partial charge is 0.207 e. The summed E-state index contributed by atoms with van der Waals surface area (Å²) in [6.45, 7) is 2.76. The van der Waals surface area contributed by atoms with Crippen molar-refractivity contribution in [2.24, 2.45) is 28.2 Å². The maximum Gasteiger partial charge on any atom is 0.207 e. The van der Waals surface area contributed by atoms with Crippen molar-refractivity contribution >= 4 is 17.4 Å². The molecular formula is C44H62N4O7. The molecular weight excluding hydrogens is 697 g/mol. The van der Waals surface area contributed by atoms with Crippen LogP contribution < -0.4 is 25.4 Å². The van der Waals surface area contributed by atoms with Gasteiger partial charge in [0.15, 0.2) is 35.1 Å². The van der Waals surface area contributed by atoms with Gasteiger partial charge in [-0.2, -0.15) is 0 Å². The van der Waals surface area contributed by atoms with Crippen LogP contribution in [0, 0.1) is 35.1 Å². The number of ketones is 1. The number of carbonyl (C=O) groups is 1. The Morgan fingerprint density at radius 1 is 1.11 bits per heavy atom. The molecule has 5 rings (SSSR count). The number of aliphatic hydroxyl groups is 1. The lowest BCUT2D eigenvalue weighted by Crippen LogP contribution is -2.43. The Labute approximate surface area is 327 Å². The average molecular weight is 759 g/mol. The van der Waals surface area contributed by atoms with Crippen LogP contribution in [-0.4, -0.2) is 73.8 Å². The Bertz CT molecular complexity index is 1730. The Morgan fingerprint density at radius 3 is 2.69 bits per heavy atom. The summed E-state index contributed by atoms with van der Waals surface area (Å²) in [5.41, 5.74) is 1.10. The van der Waals surface area contributed by atoms with Gasteiger partial charge in [-0.25, -0.2) is 0 Å². The molecule has 11 nitrogen and oxygen atoms in total. The highest BCUT2D eigenvalue weighted by Crippen LogP contribution is 2.49. The normalized spacial score (nSPS) is 26.8. The van der Waals surface area contributed by atoms with Gasteiger partial charge in [0, 0.05) is 45.0 Å². The third-order valence-electron chi connectivity index (χ3n) is 11.9. The molecule has 55 heavy (non-hydrogen) atoms. The summed E-state index contributed by atoms with van der Waals surface area (Å²) in [7, 11) is 6.59. The summed E-state index contributed by atoms with van der Waals surface area (Å²) in [6.07, 6.45) is 14.3. The van der Waals surface area contributed by atoms with Gasteiger partial charge in [-0.1, -0.05) is 50.7 Å². The number of unbranched alkanes of at least 4 members (excludes halogenated alkanes) is 2. The number of ether oxygens (including phenoxy) is 3. The largest absolute Gasteiger partial charge is 0.504 e. The van der Waals surface area contributed by atoms with E-state index in [1.165, 1.54) is 14.2 Å². The molecule has 6 N–H and O–H groups in total. The summed E-state index contributed by atoms with van der Waals surface area (Å²) in [5.74, 6) is 4.89. The fourth-order valence-electron chi connectivity index (χ4n) is 9.03. The number of nitrogens with zero attached hydrogens (tertiary/aromatic N) is 1. The van der Waals surface area contributed by atoms with Crippen LogP contribution >= 0.6 is 0 Å². The van der Waals surface area contributed by atoms with Crippen molar-refractivity contribution in [1.29, 1.82) is 0 Å². The van der Waals surface area contributed by atoms with E-state index in [4.69, 9.17) is 14.2 Å². The Balaban J connectivity index is 1.53. The van der Waals surface area contributed by atoms with Crippen molar-refractivity contribution in [2.75, 3.05) is 40.2 Å². The number of allylic oxidation sites excluding steroid dienone is 2. The summed E-state index contributed by atoms with van der Waals surface area (Å²) in [6, 6.07) is 12.3. The molecule has 3 aliphatic rings. The van der Waals surface area contributed by atoms with Gasteiger partial charge in [-0.05, 0) is 118 Å². The molecule has 6 unspecified atom stereocenters. The molecule has 0 amide bonds. The van der Waals surface area contributed by atoms with Gasteiger partial charge < -0.3 is 40.2 Å². The monoisotopic (exact) mass is 758 g/mol. The van der Waals surface area contributed by atoms with E-state index in [1.807, 2.05) is 37.4 Å². The number of phenols is 2. The molecule has 2 aliphatic carbocycles. The number of methoxy groups -OCH3 is 2. The lowest BCUT2D eigenvalue weighted by molar-refractivity contribution is -0.125. The van der Waals surface area contributed by atoms with Crippen molar-refractivity contribution in [1.82, 2.24) is 10.6 Å². The summed E-state index contributed by atoms with van der Waals surface area (Å²) >= 11 is 0. The third kappa shape index (κ3) is 10.5. The molecule has 11 heteroatoms. The highest BCUT2D eigenvalue weighted by Gasteiger charge is 2.47. The molecule has 1 aliphatic heterocycles. The maximum atomic E-state index is 14.6. The number of aliphatic hydroxyl groups excluding tert-OH is 1. The van der Waals surface area contributed by atoms with Crippen molar-refractivity contribution < 1.29 is 34.3 Å². The zero-order valence-electron chi connectivity index (χ0n) is 33.4. The number of likely N-dealkylation sites (N-methyl/N-ethyl adjacent to an activating group) is 1. The zero-order valence-corrected chi connectivity index (χ0v) is 33.4. The Kier molecular flexibility index (Phi) is 14.9. The van der Waals surface area contributed by atoms with Gasteiger partial charge in [0.25, 0.3) is 0 Å². The number of benzene rings is 2. The second-order valence-corrected chi connectivity index (χ2v) is 15.8. The minimum absolute atomic E-state index is 0.0218. The van der Waals surface area contributed by atoms with Crippen LogP contribution in [-0.2, 0) is 22.4 Å². The SMILES string of the molecule is CCCCCC1C=CC(=O)C2(Cc3ccc(O)c(OC)c3)CCCC2CC#CNC(=NC)Nc2cc(cc(OC3(CNC)CCC(CC(O)OC)C3)c2O)C1. The maximum absolute atomic E-state index is 14.6. The molecule has 0 saturated heterocycles. The van der Waals surface area contributed by atoms with Gasteiger partial charge in [0.1, 0.15) is 5.60 Å². The van der Waals surface area contributed by atoms with E-state index in [2.05, 4.69) is 45.9 Å². The highest BCUT2D eigenvalue weighted by atomic mass is 16.6. The summed E-state index contributed by atoms with van der Waals surface area (Å²) < 4.78 is 17.4. The van der Waals surface area contributed by atoms with E-state index in [1.54, 1.807) is 13.1 Å². The van der Waals surface area contributed by atoms with E-state index in [-0.39, 0.29) is 35.0 Å². The lowest BCUT2D eigenvalue weighted by atomic mass is 9.68. The molecule has 2 saturated carbocycles. The molecule has 2 aromatic carbocycles. The molecule has 6 atom stereocenters. The van der Waals surface area contributed by atoms with E-state index < -0.39 is 17.3 Å². The molecule has 0 spiro atoms. The number of anilines is 1. The van der Waals surface area contributed by atoms with Gasteiger partial charge in [0.2, 0.25) is 5.96 Å². The molecule has 0 radical (unpaired) electrons. The van der Waals surface area contributed by atoms with Crippen molar-refractivity contribution in [2.45, 2.75) is 109 Å². The number of carbonyl (C=O) groups excluding carboxylic acids is 1. The second-order valence-electron chi connectivity index (χ2n) is 15.8. The van der Waals surface area contributed by atoms with E-state index in [9.17, 15) is 20.1 Å². The molecule has 2 fully saturated rings. The van der Waals surface area contributed by atoms with Crippen LogP contribution in [0.4, 0.5) is 5.69 Å². The number of nitrogens with one attached hydrogen (secondary N) is 3. The Hall–Kier alpha value is -4.24. The van der Waals surface area contributed by atoms with Crippen LogP contribution in [0.5, 0.6) is 23.0 Å². The fourth-order valence-corrected chi connectivity index (χ4v) is 9.03. The standard InChI is InChI=1S/C44H62N4O7/c1-6-7-8-11-30-15-17-39(50)44(28-31-14-16-36(49)37(24-31)53-4)19-9-12-34(44)13-10-21-47-42(46-3)48-35-23-33(22-30)25-38(41(35)52)55-43(29-45-2)20-18-32(27-43)26-40(51)54-5/h14-17,23-25,30,32,34,40,45,49,51-52H,6-9,11-13,18-20,22,26-29H2,1-5H3,(H2,46,47,48). The van der Waals surface area contributed by atoms with E-state index >= 15 is 0 Å². The molecule has 0 aromatic heterocycles. The first-order chi connectivity index (χ1) is 26.6. The number of hydrogen-bond acceptors (Lipinski definition) is 9. The molecule has 1 heterocycles. The van der Waals surface area contributed by atoms with Crippen molar-refractivity contribution in [3.05, 3.63) is 53.6 Å². The van der Waals surface area contributed by atoms with Crippen LogP contribution in [0.1, 0.15) is 95.1 Å². The minimum atomic E-state index is -0.832. The van der Waals surface area contributed by atoms with E-state index in [0.29, 0.717) is 61.8 Å². The molecule has 2 aromatic rings. The lowest BCUT2D eigenvalue weighted by Gasteiger charge is -2.33. The van der Waals surface area contributed by atoms with Crippen LogP contribution in [0.25, 0.3) is 0 Å². The first-order valence-electron chi connectivity index (χ1n) is 20.0. The highest BCUT2D eigenvalue weighted by molar-refractivity contribution is 5.97. The number of rotatable bonds is 14. The third-order valence-corrected chi connectivity index (χ3v) is 11.9. The number of fused-ring (bicyclic) bond motifs is 3. The van der Waals surface area contributed by atoms with Gasteiger partial charge in [0.05, 0.1) is 12.8 Å². The second kappa shape index (κ2) is 19.6.